The van der Waals surface area contributed by atoms with Gasteiger partial charge in [0.15, 0.2) is 4.32 Å². The monoisotopic (exact) mass is 314 g/mol. The fraction of sp³-hybridized carbons (Fsp3) is 0.500. The van der Waals surface area contributed by atoms with Gasteiger partial charge in [0.05, 0.1) is 13.2 Å². The number of halogens is 1. The Balaban J connectivity index is 3.10. The van der Waals surface area contributed by atoms with Crippen molar-refractivity contribution in [3.63, 3.8) is 0 Å². The van der Waals surface area contributed by atoms with Gasteiger partial charge in [-0.1, -0.05) is 46.3 Å². The van der Waals surface area contributed by atoms with Gasteiger partial charge in [-0.05, 0) is 26.3 Å². The molecule has 0 saturated carbocycles. The zero-order valence-corrected chi connectivity index (χ0v) is 12.7. The van der Waals surface area contributed by atoms with E-state index in [1.807, 2.05) is 44.2 Å². The molecule has 100 valence electrons. The molecule has 0 N–H and O–H groups in total. The summed E-state index contributed by atoms with van der Waals surface area (Å²) < 4.78 is 9.80. The molecule has 0 saturated heterocycles. The highest BCUT2D eigenvalue weighted by molar-refractivity contribution is 9.10. The standard InChI is InChI=1S/C14H19BrO3/c1-10(2)18-12(11-8-6-5-7-9-11)14(3,15)13(16)17-4/h5-10,12H,1-4H3/t12-,14+/m0/s1. The van der Waals surface area contributed by atoms with E-state index in [2.05, 4.69) is 15.9 Å². The van der Waals surface area contributed by atoms with Crippen molar-refractivity contribution in [1.29, 1.82) is 0 Å². The molecule has 1 rings (SSSR count). The summed E-state index contributed by atoms with van der Waals surface area (Å²) in [6.07, 6.45) is -0.386. The van der Waals surface area contributed by atoms with Crippen LogP contribution >= 0.6 is 15.9 Å². The van der Waals surface area contributed by atoms with Crippen molar-refractivity contribution in [3.8, 4) is 0 Å². The molecular weight excluding hydrogens is 296 g/mol. The molecule has 0 radical (unpaired) electrons. The van der Waals surface area contributed by atoms with Gasteiger partial charge in [-0.15, -0.1) is 0 Å². The Morgan fingerprint density at radius 2 is 1.83 bits per heavy atom. The highest BCUT2D eigenvalue weighted by Gasteiger charge is 2.42. The summed E-state index contributed by atoms with van der Waals surface area (Å²) in [6.45, 7) is 5.64. The second kappa shape index (κ2) is 6.34. The summed E-state index contributed by atoms with van der Waals surface area (Å²) in [5, 5.41) is 0. The number of ether oxygens (including phenoxy) is 2. The lowest BCUT2D eigenvalue weighted by molar-refractivity contribution is -0.148. The van der Waals surface area contributed by atoms with Gasteiger partial charge in [-0.2, -0.15) is 0 Å². The lowest BCUT2D eigenvalue weighted by Crippen LogP contribution is -2.39. The fourth-order valence-electron chi connectivity index (χ4n) is 1.73. The molecule has 0 unspecified atom stereocenters. The molecule has 0 aliphatic carbocycles. The third-order valence-electron chi connectivity index (χ3n) is 2.59. The molecule has 0 amide bonds. The Labute approximate surface area is 117 Å². The molecule has 0 spiro atoms. The predicted octanol–water partition coefficient (Wildman–Crippen LogP) is 3.48. The van der Waals surface area contributed by atoms with E-state index >= 15 is 0 Å². The van der Waals surface area contributed by atoms with Gasteiger partial charge >= 0.3 is 5.97 Å². The summed E-state index contributed by atoms with van der Waals surface area (Å²) >= 11 is 3.44. The maximum Gasteiger partial charge on any atom is 0.325 e. The summed E-state index contributed by atoms with van der Waals surface area (Å²) in [4.78, 5) is 11.9. The first-order valence-electron chi connectivity index (χ1n) is 5.87. The van der Waals surface area contributed by atoms with E-state index < -0.39 is 10.4 Å². The van der Waals surface area contributed by atoms with Gasteiger partial charge in [0.25, 0.3) is 0 Å². The van der Waals surface area contributed by atoms with Crippen LogP contribution in [0, 0.1) is 0 Å². The molecule has 3 nitrogen and oxygen atoms in total. The summed E-state index contributed by atoms with van der Waals surface area (Å²) in [5.74, 6) is -0.350. The van der Waals surface area contributed by atoms with Crippen LogP contribution in [0.15, 0.2) is 30.3 Å². The molecule has 4 heteroatoms. The minimum absolute atomic E-state index is 0.0109. The van der Waals surface area contributed by atoms with Gasteiger partial charge in [0.2, 0.25) is 0 Å². The van der Waals surface area contributed by atoms with E-state index in [0.29, 0.717) is 0 Å². The second-order valence-corrected chi connectivity index (χ2v) is 6.19. The van der Waals surface area contributed by atoms with Crippen LogP contribution in [0.3, 0.4) is 0 Å². The largest absolute Gasteiger partial charge is 0.468 e. The zero-order chi connectivity index (χ0) is 13.8. The van der Waals surface area contributed by atoms with E-state index in [-0.39, 0.29) is 12.1 Å². The van der Waals surface area contributed by atoms with Crippen molar-refractivity contribution in [1.82, 2.24) is 0 Å². The normalized spacial score (nSPS) is 16.1. The molecule has 0 bridgehead atoms. The molecule has 0 aliphatic rings. The number of alkyl halides is 1. The van der Waals surface area contributed by atoms with E-state index in [1.54, 1.807) is 6.92 Å². The Morgan fingerprint density at radius 3 is 2.28 bits per heavy atom. The number of hydrogen-bond acceptors (Lipinski definition) is 3. The zero-order valence-electron chi connectivity index (χ0n) is 11.1. The number of esters is 1. The molecule has 0 aliphatic heterocycles. The van der Waals surface area contributed by atoms with E-state index in [9.17, 15) is 4.79 Å². The quantitative estimate of drug-likeness (QED) is 0.616. The lowest BCUT2D eigenvalue weighted by Gasteiger charge is -2.31. The van der Waals surface area contributed by atoms with Crippen molar-refractivity contribution in [2.75, 3.05) is 7.11 Å². The number of methoxy groups -OCH3 is 1. The second-order valence-electron chi connectivity index (χ2n) is 4.54. The lowest BCUT2D eigenvalue weighted by atomic mass is 9.97. The third kappa shape index (κ3) is 3.56. The Kier molecular flexibility index (Phi) is 5.35. The van der Waals surface area contributed by atoms with Crippen LogP contribution in [0.4, 0.5) is 0 Å². The number of rotatable bonds is 5. The van der Waals surface area contributed by atoms with Crippen LogP contribution in [-0.2, 0) is 14.3 Å². The van der Waals surface area contributed by atoms with Gasteiger partial charge in [0.1, 0.15) is 6.10 Å². The van der Waals surface area contributed by atoms with E-state index in [4.69, 9.17) is 9.47 Å². The van der Waals surface area contributed by atoms with Crippen LogP contribution in [0.5, 0.6) is 0 Å². The third-order valence-corrected chi connectivity index (χ3v) is 3.33. The first-order valence-corrected chi connectivity index (χ1v) is 6.66. The van der Waals surface area contributed by atoms with Crippen LogP contribution in [0.1, 0.15) is 32.4 Å². The van der Waals surface area contributed by atoms with Crippen LogP contribution in [-0.4, -0.2) is 23.5 Å². The summed E-state index contributed by atoms with van der Waals surface area (Å²) in [7, 11) is 1.37. The van der Waals surface area contributed by atoms with Crippen molar-refractivity contribution < 1.29 is 14.3 Å². The van der Waals surface area contributed by atoms with Gasteiger partial charge in [-0.25, -0.2) is 0 Å². The van der Waals surface area contributed by atoms with Gasteiger partial charge in [-0.3, -0.25) is 4.79 Å². The first-order chi connectivity index (χ1) is 8.39. The number of carbonyl (C=O) groups excluding carboxylic acids is 1. The minimum atomic E-state index is -0.909. The average molecular weight is 315 g/mol. The number of carbonyl (C=O) groups is 1. The molecule has 2 atom stereocenters. The van der Waals surface area contributed by atoms with Crippen molar-refractivity contribution >= 4 is 21.9 Å². The minimum Gasteiger partial charge on any atom is -0.468 e. The van der Waals surface area contributed by atoms with Crippen LogP contribution in [0.2, 0.25) is 0 Å². The Bertz CT molecular complexity index is 387. The maximum absolute atomic E-state index is 11.9. The summed E-state index contributed by atoms with van der Waals surface area (Å²) in [6, 6.07) is 9.66. The number of hydrogen-bond donors (Lipinski definition) is 0. The van der Waals surface area contributed by atoms with Gasteiger partial charge < -0.3 is 9.47 Å². The van der Waals surface area contributed by atoms with Crippen molar-refractivity contribution in [3.05, 3.63) is 35.9 Å². The molecule has 0 heterocycles. The molecule has 0 aromatic heterocycles. The van der Waals surface area contributed by atoms with E-state index in [0.717, 1.165) is 5.56 Å². The van der Waals surface area contributed by atoms with E-state index in [1.165, 1.54) is 7.11 Å². The maximum atomic E-state index is 11.9. The smallest absolute Gasteiger partial charge is 0.325 e. The van der Waals surface area contributed by atoms with Gasteiger partial charge in [0, 0.05) is 0 Å². The predicted molar refractivity (Wildman–Crippen MR) is 74.8 cm³/mol. The van der Waals surface area contributed by atoms with Crippen LogP contribution in [0.25, 0.3) is 0 Å². The first kappa shape index (κ1) is 15.2. The average Bonchev–Trinajstić information content (AvgIpc) is 2.35. The fourth-order valence-corrected chi connectivity index (χ4v) is 2.26. The van der Waals surface area contributed by atoms with Crippen LogP contribution < -0.4 is 0 Å². The molecular formula is C14H19BrO3. The Morgan fingerprint density at radius 1 is 1.28 bits per heavy atom. The molecule has 0 fully saturated rings. The highest BCUT2D eigenvalue weighted by atomic mass is 79.9. The highest BCUT2D eigenvalue weighted by Crippen LogP contribution is 2.38. The molecule has 1 aromatic rings. The SMILES string of the molecule is COC(=O)[C@](C)(Br)[C@@H](OC(C)C)c1ccccc1. The topological polar surface area (TPSA) is 35.5 Å². The number of benzene rings is 1. The van der Waals surface area contributed by atoms with Crippen molar-refractivity contribution in [2.45, 2.75) is 37.3 Å². The molecule has 18 heavy (non-hydrogen) atoms. The molecule has 1 aromatic carbocycles. The summed E-state index contributed by atoms with van der Waals surface area (Å²) in [5.41, 5.74) is 0.941. The Hall–Kier alpha value is -0.870. The van der Waals surface area contributed by atoms with Crippen molar-refractivity contribution in [2.24, 2.45) is 0 Å².